The Morgan fingerprint density at radius 2 is 1.30 bits per heavy atom. The predicted octanol–water partition coefficient (Wildman–Crippen LogP) is 3.51. The largest absolute Gasteiger partial charge is 0.480 e. The van der Waals surface area contributed by atoms with E-state index in [-0.39, 0.29) is 32.0 Å². The molecule has 3 rings (SSSR count). The summed E-state index contributed by atoms with van der Waals surface area (Å²) in [5, 5.41) is 27.6. The molecule has 3 N–H and O–H groups in total. The molecule has 13 heteroatoms. The molecule has 0 spiro atoms. The van der Waals surface area contributed by atoms with Crippen molar-refractivity contribution in [3.63, 3.8) is 0 Å². The molecule has 2 aliphatic heterocycles. The number of amides is 2. The number of aliphatic hydroxyl groups excluding tert-OH is 1. The quantitative estimate of drug-likeness (QED) is 0.349. The maximum absolute atomic E-state index is 12.2. The molecule has 0 unspecified atom stereocenters. The van der Waals surface area contributed by atoms with Gasteiger partial charge in [0.1, 0.15) is 23.3 Å². The van der Waals surface area contributed by atoms with Gasteiger partial charge in [-0.15, -0.1) is 0 Å². The van der Waals surface area contributed by atoms with Gasteiger partial charge in [0.25, 0.3) is 0 Å². The summed E-state index contributed by atoms with van der Waals surface area (Å²) in [5.74, 6) is -2.17. The van der Waals surface area contributed by atoms with Crippen molar-refractivity contribution >= 4 is 24.1 Å². The van der Waals surface area contributed by atoms with E-state index >= 15 is 0 Å². The maximum Gasteiger partial charge on any atom is 0.411 e. The molecule has 1 aromatic rings. The number of carbonyl (C=O) groups is 4. The molecule has 0 saturated carbocycles. The van der Waals surface area contributed by atoms with Crippen molar-refractivity contribution < 1.29 is 53.4 Å². The zero-order valence-corrected chi connectivity index (χ0v) is 25.9. The number of carbonyl (C=O) groups excluding carboxylic acids is 2. The maximum atomic E-state index is 12.2. The van der Waals surface area contributed by atoms with Gasteiger partial charge in [0, 0.05) is 26.1 Å². The van der Waals surface area contributed by atoms with Crippen LogP contribution in [0.2, 0.25) is 0 Å². The van der Waals surface area contributed by atoms with Gasteiger partial charge in [0.15, 0.2) is 0 Å². The summed E-state index contributed by atoms with van der Waals surface area (Å²) in [6.07, 6.45) is -1.41. The first-order valence-electron chi connectivity index (χ1n) is 14.3. The van der Waals surface area contributed by atoms with E-state index in [4.69, 9.17) is 24.1 Å². The van der Waals surface area contributed by atoms with E-state index in [1.807, 2.05) is 30.3 Å². The molecular formula is C30H46N2O11. The Bertz CT molecular complexity index is 1070. The molecule has 242 valence electrons. The Labute approximate surface area is 252 Å². The highest BCUT2D eigenvalue weighted by atomic mass is 16.6. The first kappa shape index (κ1) is 35.8. The Balaban J connectivity index is 0.000000344. The number of aliphatic carboxylic acids is 2. The van der Waals surface area contributed by atoms with Gasteiger partial charge in [-0.3, -0.25) is 9.80 Å². The van der Waals surface area contributed by atoms with Crippen LogP contribution in [0.1, 0.15) is 66.4 Å². The molecule has 13 nitrogen and oxygen atoms in total. The number of carboxylic acid groups (broad SMARTS) is 2. The molecular weight excluding hydrogens is 564 g/mol. The third kappa shape index (κ3) is 12.8. The first-order chi connectivity index (χ1) is 20.0. The van der Waals surface area contributed by atoms with Gasteiger partial charge < -0.3 is 34.3 Å². The third-order valence-corrected chi connectivity index (χ3v) is 6.27. The minimum absolute atomic E-state index is 0.00583. The summed E-state index contributed by atoms with van der Waals surface area (Å²) in [7, 11) is 0. The van der Waals surface area contributed by atoms with Crippen molar-refractivity contribution in [2.24, 2.45) is 0 Å². The highest BCUT2D eigenvalue weighted by molar-refractivity contribution is 5.81. The highest BCUT2D eigenvalue weighted by Crippen LogP contribution is 2.24. The van der Waals surface area contributed by atoms with E-state index in [0.29, 0.717) is 26.2 Å². The molecule has 2 saturated heterocycles. The molecule has 2 aliphatic rings. The van der Waals surface area contributed by atoms with Gasteiger partial charge in [-0.05, 0) is 53.5 Å². The lowest BCUT2D eigenvalue weighted by atomic mass is 10.2. The van der Waals surface area contributed by atoms with E-state index in [2.05, 4.69) is 0 Å². The van der Waals surface area contributed by atoms with Crippen molar-refractivity contribution in [3.05, 3.63) is 35.9 Å². The van der Waals surface area contributed by atoms with Crippen LogP contribution < -0.4 is 0 Å². The number of likely N-dealkylation sites (tertiary alicyclic amines) is 2. The number of nitrogens with zero attached hydrogens (tertiary/aromatic N) is 2. The Morgan fingerprint density at radius 1 is 0.791 bits per heavy atom. The van der Waals surface area contributed by atoms with E-state index in [1.54, 1.807) is 41.5 Å². The van der Waals surface area contributed by atoms with Crippen LogP contribution in [0, 0.1) is 0 Å². The smallest absolute Gasteiger partial charge is 0.411 e. The molecule has 0 aliphatic carbocycles. The van der Waals surface area contributed by atoms with Crippen molar-refractivity contribution in [2.45, 2.75) is 103 Å². The van der Waals surface area contributed by atoms with Crippen LogP contribution in [0.4, 0.5) is 9.59 Å². The first-order valence-corrected chi connectivity index (χ1v) is 14.3. The van der Waals surface area contributed by atoms with Crippen LogP contribution in [-0.2, 0) is 35.1 Å². The van der Waals surface area contributed by atoms with Crippen LogP contribution in [0.15, 0.2) is 30.3 Å². The number of benzene rings is 1. The summed E-state index contributed by atoms with van der Waals surface area (Å²) in [6, 6.07) is 8.00. The van der Waals surface area contributed by atoms with E-state index in [0.717, 1.165) is 10.5 Å². The molecule has 2 heterocycles. The number of hydrogen-bond acceptors (Lipinski definition) is 9. The normalized spacial score (nSPS) is 22.0. The summed E-state index contributed by atoms with van der Waals surface area (Å²) in [4.78, 5) is 48.5. The van der Waals surface area contributed by atoms with Crippen LogP contribution in [0.3, 0.4) is 0 Å². The number of β-amino-alcohol motifs (C(OH)–C–C–N with tert-alkyl or cyclic N) is 1. The van der Waals surface area contributed by atoms with Gasteiger partial charge in [0.2, 0.25) is 0 Å². The van der Waals surface area contributed by atoms with Gasteiger partial charge >= 0.3 is 24.1 Å². The van der Waals surface area contributed by atoms with Gasteiger partial charge in [-0.1, -0.05) is 30.3 Å². The third-order valence-electron chi connectivity index (χ3n) is 6.27. The Kier molecular flexibility index (Phi) is 13.2. The monoisotopic (exact) mass is 610 g/mol. The molecule has 0 aromatic heterocycles. The van der Waals surface area contributed by atoms with Crippen molar-refractivity contribution in [1.29, 1.82) is 0 Å². The summed E-state index contributed by atoms with van der Waals surface area (Å²) in [5.41, 5.74) is -0.227. The summed E-state index contributed by atoms with van der Waals surface area (Å²) < 4.78 is 21.7. The fourth-order valence-corrected chi connectivity index (χ4v) is 4.42. The lowest BCUT2D eigenvalue weighted by Crippen LogP contribution is -2.43. The minimum Gasteiger partial charge on any atom is -0.480 e. The lowest BCUT2D eigenvalue weighted by Gasteiger charge is -2.26. The fourth-order valence-electron chi connectivity index (χ4n) is 4.42. The average Bonchev–Trinajstić information content (AvgIpc) is 3.49. The van der Waals surface area contributed by atoms with Crippen LogP contribution in [0.25, 0.3) is 0 Å². The Hall–Kier alpha value is -3.42. The minimum atomic E-state index is -1.12. The van der Waals surface area contributed by atoms with E-state index < -0.39 is 53.5 Å². The highest BCUT2D eigenvalue weighted by Gasteiger charge is 2.42. The number of aliphatic hydroxyl groups is 1. The van der Waals surface area contributed by atoms with Crippen LogP contribution >= 0.6 is 0 Å². The second-order valence-corrected chi connectivity index (χ2v) is 12.5. The van der Waals surface area contributed by atoms with Gasteiger partial charge in [-0.25, -0.2) is 19.2 Å². The zero-order valence-electron chi connectivity index (χ0n) is 25.9. The molecule has 43 heavy (non-hydrogen) atoms. The second kappa shape index (κ2) is 15.9. The van der Waals surface area contributed by atoms with Crippen molar-refractivity contribution in [1.82, 2.24) is 9.80 Å². The van der Waals surface area contributed by atoms with Gasteiger partial charge in [-0.2, -0.15) is 0 Å². The predicted molar refractivity (Wildman–Crippen MR) is 154 cm³/mol. The molecule has 2 fully saturated rings. The SMILES string of the molecule is CC(C)(C)OC(=O)N1C[C@H](O)C[C@H]1C(=O)O.CC(C)(C)OC(=O)N1C[C@H](OCCCOCc2ccccc2)C[C@H]1C(=O)O. The Morgan fingerprint density at radius 3 is 1.81 bits per heavy atom. The fraction of sp³-hybridized carbons (Fsp3) is 0.667. The average molecular weight is 611 g/mol. The molecule has 1 aromatic carbocycles. The second-order valence-electron chi connectivity index (χ2n) is 12.5. The van der Waals surface area contributed by atoms with Gasteiger partial charge in [0.05, 0.1) is 31.9 Å². The van der Waals surface area contributed by atoms with Crippen molar-refractivity contribution in [3.8, 4) is 0 Å². The molecule has 2 amide bonds. The van der Waals surface area contributed by atoms with E-state index in [9.17, 15) is 29.4 Å². The molecule has 0 radical (unpaired) electrons. The van der Waals surface area contributed by atoms with Crippen LogP contribution in [-0.4, -0.2) is 111 Å². The van der Waals surface area contributed by atoms with E-state index in [1.165, 1.54) is 4.90 Å². The van der Waals surface area contributed by atoms with Crippen LogP contribution in [0.5, 0.6) is 0 Å². The summed E-state index contributed by atoms with van der Waals surface area (Å²) >= 11 is 0. The number of ether oxygens (including phenoxy) is 4. The molecule has 0 bridgehead atoms. The summed E-state index contributed by atoms with van der Waals surface area (Å²) in [6.45, 7) is 12.1. The number of rotatable bonds is 9. The topological polar surface area (TPSA) is 172 Å². The number of carboxylic acids is 2. The standard InChI is InChI=1S/C20H29NO6.C10H17NO5/c1-20(2,3)27-19(24)21-13-16(12-17(21)18(22)23)26-11-7-10-25-14-15-8-5-4-6-9-15;1-10(2,3)16-9(15)11-5-6(12)4-7(11)8(13)14/h4-6,8-9,16-17H,7,10-14H2,1-3H3,(H,22,23);6-7,12H,4-5H2,1-3H3,(H,13,14)/t16-,17+;6-,7+/m11/s1. The number of hydrogen-bond donors (Lipinski definition) is 3. The molecule has 4 atom stereocenters. The zero-order chi connectivity index (χ0) is 32.4. The van der Waals surface area contributed by atoms with Crippen molar-refractivity contribution in [2.75, 3.05) is 26.3 Å². The lowest BCUT2D eigenvalue weighted by molar-refractivity contribution is -0.142.